The lowest BCUT2D eigenvalue weighted by atomic mass is 10.0. The van der Waals surface area contributed by atoms with E-state index in [1.165, 1.54) is 0 Å². The minimum Gasteiger partial charge on any atom is -0.454 e. The summed E-state index contributed by atoms with van der Waals surface area (Å²) in [6, 6.07) is 24.6. The topological polar surface area (TPSA) is 43.4 Å². The molecule has 0 atom stereocenters. The van der Waals surface area contributed by atoms with E-state index in [-0.39, 0.29) is 12.4 Å². The number of rotatable bonds is 4. The van der Waals surface area contributed by atoms with Gasteiger partial charge in [-0.3, -0.25) is 4.79 Å². The Bertz CT molecular complexity index is 1160. The smallest absolute Gasteiger partial charge is 0.338 e. The molecule has 0 fully saturated rings. The summed E-state index contributed by atoms with van der Waals surface area (Å²) in [5.74, 6) is -0.738. The summed E-state index contributed by atoms with van der Waals surface area (Å²) in [6.07, 6.45) is 0. The highest BCUT2D eigenvalue weighted by atomic mass is 79.9. The quantitative estimate of drug-likeness (QED) is 0.239. The maximum absolute atomic E-state index is 12.4. The van der Waals surface area contributed by atoms with Crippen LogP contribution >= 0.6 is 15.9 Å². The Labute approximate surface area is 164 Å². The van der Waals surface area contributed by atoms with E-state index < -0.39 is 5.97 Å². The van der Waals surface area contributed by atoms with Crippen molar-refractivity contribution in [2.24, 2.45) is 0 Å². The molecule has 0 spiro atoms. The van der Waals surface area contributed by atoms with Crippen LogP contribution < -0.4 is 0 Å². The molecule has 0 aromatic heterocycles. The van der Waals surface area contributed by atoms with Crippen LogP contribution in [0.4, 0.5) is 0 Å². The number of esters is 1. The Hall–Kier alpha value is -2.98. The first kappa shape index (κ1) is 17.4. The lowest BCUT2D eigenvalue weighted by Gasteiger charge is -2.07. The number of carbonyl (C=O) groups excluding carboxylic acids is 2. The van der Waals surface area contributed by atoms with E-state index in [1.807, 2.05) is 24.3 Å². The van der Waals surface area contributed by atoms with E-state index >= 15 is 0 Å². The number of hydrogen-bond donors (Lipinski definition) is 0. The van der Waals surface area contributed by atoms with Gasteiger partial charge < -0.3 is 4.74 Å². The van der Waals surface area contributed by atoms with Crippen molar-refractivity contribution in [1.82, 2.24) is 0 Å². The molecule has 0 bridgehead atoms. The van der Waals surface area contributed by atoms with Gasteiger partial charge in [-0.05, 0) is 57.9 Å². The molecule has 0 N–H and O–H groups in total. The van der Waals surface area contributed by atoms with Gasteiger partial charge in [0.05, 0.1) is 5.56 Å². The molecule has 0 heterocycles. The normalized spacial score (nSPS) is 10.9. The third kappa shape index (κ3) is 3.76. The van der Waals surface area contributed by atoms with Crippen LogP contribution in [-0.2, 0) is 4.74 Å². The van der Waals surface area contributed by atoms with Crippen LogP contribution in [0.3, 0.4) is 0 Å². The maximum atomic E-state index is 12.4. The molecule has 0 aliphatic heterocycles. The van der Waals surface area contributed by atoms with Crippen molar-refractivity contribution in [3.63, 3.8) is 0 Å². The molecule has 0 radical (unpaired) electrons. The van der Waals surface area contributed by atoms with Crippen molar-refractivity contribution in [3.05, 3.63) is 94.5 Å². The molecule has 0 amide bonds. The number of fused-ring (bicyclic) bond motifs is 2. The number of Topliss-reactive ketones (excluding diaryl/α,β-unsaturated/α-hetero) is 1. The van der Waals surface area contributed by atoms with Gasteiger partial charge in [0.25, 0.3) is 0 Å². The number of carbonyl (C=O) groups is 2. The largest absolute Gasteiger partial charge is 0.454 e. The van der Waals surface area contributed by atoms with E-state index in [9.17, 15) is 9.59 Å². The molecule has 4 aromatic carbocycles. The summed E-state index contributed by atoms with van der Waals surface area (Å²) in [4.78, 5) is 24.5. The van der Waals surface area contributed by atoms with Gasteiger partial charge in [0, 0.05) is 10.0 Å². The van der Waals surface area contributed by atoms with E-state index in [2.05, 4.69) is 34.1 Å². The summed E-state index contributed by atoms with van der Waals surface area (Å²) in [7, 11) is 0. The van der Waals surface area contributed by atoms with Gasteiger partial charge in [-0.1, -0.05) is 58.4 Å². The molecule has 0 aliphatic carbocycles. The summed E-state index contributed by atoms with van der Waals surface area (Å²) in [5.41, 5.74) is 0.942. The Kier molecular flexibility index (Phi) is 4.73. The zero-order chi connectivity index (χ0) is 18.8. The van der Waals surface area contributed by atoms with Gasteiger partial charge in [0.1, 0.15) is 0 Å². The van der Waals surface area contributed by atoms with Crippen molar-refractivity contribution in [1.29, 1.82) is 0 Å². The highest BCUT2D eigenvalue weighted by Crippen LogP contribution is 2.24. The molecule has 27 heavy (non-hydrogen) atoms. The average molecular weight is 419 g/mol. The second-order valence-corrected chi connectivity index (χ2v) is 7.18. The minimum absolute atomic E-state index is 0.234. The van der Waals surface area contributed by atoms with Crippen LogP contribution in [0.15, 0.2) is 83.3 Å². The molecule has 0 aliphatic rings. The van der Waals surface area contributed by atoms with Gasteiger partial charge in [0.15, 0.2) is 12.4 Å². The number of ether oxygens (including phenoxy) is 1. The van der Waals surface area contributed by atoms with Gasteiger partial charge in [-0.2, -0.15) is 0 Å². The second kappa shape index (κ2) is 7.33. The highest BCUT2D eigenvalue weighted by molar-refractivity contribution is 9.10. The molecule has 132 valence electrons. The fourth-order valence-corrected chi connectivity index (χ4v) is 3.26. The third-order valence-corrected chi connectivity index (χ3v) is 4.97. The minimum atomic E-state index is -0.504. The Morgan fingerprint density at radius 2 is 1.30 bits per heavy atom. The number of benzene rings is 4. The van der Waals surface area contributed by atoms with Crippen LogP contribution in [0, 0.1) is 0 Å². The first-order valence-electron chi connectivity index (χ1n) is 8.49. The van der Waals surface area contributed by atoms with E-state index in [4.69, 9.17) is 4.74 Å². The molecule has 3 nitrogen and oxygen atoms in total. The van der Waals surface area contributed by atoms with E-state index in [0.29, 0.717) is 11.1 Å². The molecule has 0 saturated carbocycles. The Morgan fingerprint density at radius 3 is 2.00 bits per heavy atom. The van der Waals surface area contributed by atoms with Crippen molar-refractivity contribution in [2.45, 2.75) is 0 Å². The summed E-state index contributed by atoms with van der Waals surface area (Å²) < 4.78 is 6.10. The van der Waals surface area contributed by atoms with Gasteiger partial charge >= 0.3 is 5.97 Å². The SMILES string of the molecule is O=C(COC(=O)c1ccc2cc3ccccc3cc2c1)c1ccc(Br)cc1. The van der Waals surface area contributed by atoms with E-state index in [0.717, 1.165) is 26.0 Å². The van der Waals surface area contributed by atoms with Crippen molar-refractivity contribution in [3.8, 4) is 0 Å². The molecular formula is C23H15BrO3. The molecule has 0 saturated heterocycles. The number of hydrogen-bond acceptors (Lipinski definition) is 3. The predicted octanol–water partition coefficient (Wildman–Crippen LogP) is 5.80. The molecule has 0 unspecified atom stereocenters. The van der Waals surface area contributed by atoms with Crippen molar-refractivity contribution >= 4 is 49.2 Å². The molecule has 4 aromatic rings. The summed E-state index contributed by atoms with van der Waals surface area (Å²) in [6.45, 7) is -0.282. The van der Waals surface area contributed by atoms with Crippen LogP contribution in [0.1, 0.15) is 20.7 Å². The second-order valence-electron chi connectivity index (χ2n) is 6.27. The van der Waals surface area contributed by atoms with Gasteiger partial charge in [0.2, 0.25) is 0 Å². The monoisotopic (exact) mass is 418 g/mol. The third-order valence-electron chi connectivity index (χ3n) is 4.44. The fourth-order valence-electron chi connectivity index (χ4n) is 3.00. The molecular weight excluding hydrogens is 404 g/mol. The Morgan fingerprint density at radius 1 is 0.704 bits per heavy atom. The lowest BCUT2D eigenvalue weighted by Crippen LogP contribution is -2.14. The number of ketones is 1. The average Bonchev–Trinajstić information content (AvgIpc) is 2.70. The maximum Gasteiger partial charge on any atom is 0.338 e. The van der Waals surface area contributed by atoms with Gasteiger partial charge in [-0.25, -0.2) is 4.79 Å². The number of halogens is 1. The van der Waals surface area contributed by atoms with Gasteiger partial charge in [-0.15, -0.1) is 0 Å². The van der Waals surface area contributed by atoms with Crippen molar-refractivity contribution in [2.75, 3.05) is 6.61 Å². The van der Waals surface area contributed by atoms with Crippen LogP contribution in [0.5, 0.6) is 0 Å². The first-order valence-corrected chi connectivity index (χ1v) is 9.28. The first-order chi connectivity index (χ1) is 13.1. The predicted molar refractivity (Wildman–Crippen MR) is 110 cm³/mol. The van der Waals surface area contributed by atoms with Crippen LogP contribution in [-0.4, -0.2) is 18.4 Å². The standard InChI is InChI=1S/C23H15BrO3/c24-21-9-7-15(8-10-21)22(25)14-27-23(26)19-6-5-18-11-16-3-1-2-4-17(16)12-20(18)13-19/h1-13H,14H2. The fraction of sp³-hybridized carbons (Fsp3) is 0.0435. The summed E-state index contributed by atoms with van der Waals surface area (Å²) in [5, 5.41) is 4.28. The highest BCUT2D eigenvalue weighted by Gasteiger charge is 2.12. The zero-order valence-electron chi connectivity index (χ0n) is 14.3. The van der Waals surface area contributed by atoms with Crippen LogP contribution in [0.2, 0.25) is 0 Å². The van der Waals surface area contributed by atoms with Crippen LogP contribution in [0.25, 0.3) is 21.5 Å². The zero-order valence-corrected chi connectivity index (χ0v) is 15.9. The Balaban J connectivity index is 1.52. The van der Waals surface area contributed by atoms with E-state index in [1.54, 1.807) is 36.4 Å². The summed E-state index contributed by atoms with van der Waals surface area (Å²) >= 11 is 3.33. The van der Waals surface area contributed by atoms with Crippen molar-refractivity contribution < 1.29 is 14.3 Å². The molecule has 4 heteroatoms. The molecule has 4 rings (SSSR count). The lowest BCUT2D eigenvalue weighted by molar-refractivity contribution is 0.0475.